The summed E-state index contributed by atoms with van der Waals surface area (Å²) in [7, 11) is 0. The Kier molecular flexibility index (Phi) is 3.43. The van der Waals surface area contributed by atoms with E-state index in [-0.39, 0.29) is 0 Å². The first kappa shape index (κ1) is 12.2. The van der Waals surface area contributed by atoms with E-state index >= 15 is 0 Å². The predicted octanol–water partition coefficient (Wildman–Crippen LogP) is 3.96. The third-order valence-electron chi connectivity index (χ3n) is 4.90. The number of benzene rings is 1. The molecule has 5 unspecified atom stereocenters. The Morgan fingerprint density at radius 2 is 1.72 bits per heavy atom. The first-order valence-corrected chi connectivity index (χ1v) is 7.55. The summed E-state index contributed by atoms with van der Waals surface area (Å²) in [6.07, 6.45) is 5.54. The molecule has 3 rings (SSSR count). The summed E-state index contributed by atoms with van der Waals surface area (Å²) in [4.78, 5) is 0. The van der Waals surface area contributed by atoms with Crippen molar-refractivity contribution in [1.29, 1.82) is 0 Å². The zero-order chi connectivity index (χ0) is 12.5. The van der Waals surface area contributed by atoms with Crippen molar-refractivity contribution in [3.8, 4) is 0 Å². The second-order valence-corrected chi connectivity index (χ2v) is 6.53. The van der Waals surface area contributed by atoms with E-state index < -0.39 is 0 Å². The van der Waals surface area contributed by atoms with Gasteiger partial charge in [-0.1, -0.05) is 50.6 Å². The van der Waals surface area contributed by atoms with Gasteiger partial charge in [0.1, 0.15) is 0 Å². The number of hydrogen-bond acceptors (Lipinski definition) is 1. The van der Waals surface area contributed by atoms with Crippen molar-refractivity contribution in [3.63, 3.8) is 0 Å². The minimum absolute atomic E-state index is 0.741. The van der Waals surface area contributed by atoms with Gasteiger partial charge in [0.05, 0.1) is 0 Å². The van der Waals surface area contributed by atoms with E-state index in [1.54, 1.807) is 0 Å². The van der Waals surface area contributed by atoms with Crippen molar-refractivity contribution in [2.24, 2.45) is 11.8 Å². The maximum Gasteiger partial charge on any atom is 0.0145 e. The highest BCUT2D eigenvalue weighted by molar-refractivity contribution is 5.27. The van der Waals surface area contributed by atoms with Crippen LogP contribution < -0.4 is 5.32 Å². The summed E-state index contributed by atoms with van der Waals surface area (Å²) in [5, 5.41) is 3.92. The summed E-state index contributed by atoms with van der Waals surface area (Å²) < 4.78 is 0. The summed E-state index contributed by atoms with van der Waals surface area (Å²) in [6.45, 7) is 4.82. The Morgan fingerprint density at radius 1 is 0.944 bits per heavy atom. The van der Waals surface area contributed by atoms with Crippen LogP contribution >= 0.6 is 0 Å². The fourth-order valence-corrected chi connectivity index (χ4v) is 3.49. The van der Waals surface area contributed by atoms with Crippen molar-refractivity contribution in [2.45, 2.75) is 57.5 Å². The first-order chi connectivity index (χ1) is 8.74. The van der Waals surface area contributed by atoms with Gasteiger partial charge in [-0.05, 0) is 36.7 Å². The molecule has 0 aromatic heterocycles. The van der Waals surface area contributed by atoms with Crippen LogP contribution in [-0.4, -0.2) is 12.1 Å². The second kappa shape index (κ2) is 5.05. The highest BCUT2D eigenvalue weighted by Gasteiger charge is 2.40. The van der Waals surface area contributed by atoms with Crippen molar-refractivity contribution >= 4 is 0 Å². The monoisotopic (exact) mass is 243 g/mol. The van der Waals surface area contributed by atoms with Crippen molar-refractivity contribution in [3.05, 3.63) is 35.9 Å². The molecule has 1 aromatic rings. The molecule has 5 atom stereocenters. The Morgan fingerprint density at radius 3 is 2.50 bits per heavy atom. The smallest absolute Gasteiger partial charge is 0.0145 e. The minimum atomic E-state index is 0.741. The van der Waals surface area contributed by atoms with E-state index in [0.29, 0.717) is 0 Å². The predicted molar refractivity (Wildman–Crippen MR) is 76.7 cm³/mol. The average molecular weight is 243 g/mol. The molecule has 2 aliphatic carbocycles. The molecule has 0 aliphatic heterocycles. The van der Waals surface area contributed by atoms with Crippen LogP contribution in [0.25, 0.3) is 0 Å². The Balaban J connectivity index is 1.56. The Labute approximate surface area is 111 Å². The highest BCUT2D eigenvalue weighted by atomic mass is 15.0. The lowest BCUT2D eigenvalue weighted by Crippen LogP contribution is -2.41. The SMILES string of the molecule is CC1CCC(C)C(NC2CC2c2ccccc2)C1. The van der Waals surface area contributed by atoms with Crippen molar-refractivity contribution < 1.29 is 0 Å². The normalized spacial score (nSPS) is 39.6. The summed E-state index contributed by atoms with van der Waals surface area (Å²) in [6, 6.07) is 12.5. The molecule has 1 aromatic carbocycles. The maximum atomic E-state index is 3.92. The molecule has 1 heteroatoms. The molecule has 0 amide bonds. The van der Waals surface area contributed by atoms with E-state index in [2.05, 4.69) is 49.5 Å². The van der Waals surface area contributed by atoms with Gasteiger partial charge in [0.15, 0.2) is 0 Å². The third kappa shape index (κ3) is 2.61. The molecule has 0 radical (unpaired) electrons. The first-order valence-electron chi connectivity index (χ1n) is 7.55. The molecule has 0 bridgehead atoms. The van der Waals surface area contributed by atoms with Gasteiger partial charge >= 0.3 is 0 Å². The lowest BCUT2D eigenvalue weighted by atomic mass is 9.80. The maximum absolute atomic E-state index is 3.92. The van der Waals surface area contributed by atoms with E-state index in [1.165, 1.54) is 31.2 Å². The van der Waals surface area contributed by atoms with Gasteiger partial charge in [0.25, 0.3) is 0 Å². The standard InChI is InChI=1S/C17H25N/c1-12-8-9-13(2)16(10-12)18-17-11-15(17)14-6-4-3-5-7-14/h3-7,12-13,15-18H,8-11H2,1-2H3. The van der Waals surface area contributed by atoms with Gasteiger partial charge in [0, 0.05) is 18.0 Å². The van der Waals surface area contributed by atoms with Crippen molar-refractivity contribution in [1.82, 2.24) is 5.32 Å². The molecule has 2 saturated carbocycles. The van der Waals surface area contributed by atoms with E-state index in [4.69, 9.17) is 0 Å². The fourth-order valence-electron chi connectivity index (χ4n) is 3.49. The molecule has 2 fully saturated rings. The van der Waals surface area contributed by atoms with Gasteiger partial charge in [-0.2, -0.15) is 0 Å². The molecule has 0 heterocycles. The molecule has 98 valence electrons. The van der Waals surface area contributed by atoms with E-state index in [0.717, 1.165) is 29.8 Å². The van der Waals surface area contributed by atoms with Gasteiger partial charge < -0.3 is 5.32 Å². The number of rotatable bonds is 3. The average Bonchev–Trinajstić information content (AvgIpc) is 3.14. The van der Waals surface area contributed by atoms with Crippen LogP contribution in [0.5, 0.6) is 0 Å². The van der Waals surface area contributed by atoms with Crippen LogP contribution in [0.15, 0.2) is 30.3 Å². The summed E-state index contributed by atoms with van der Waals surface area (Å²) in [5.74, 6) is 2.54. The topological polar surface area (TPSA) is 12.0 Å². The van der Waals surface area contributed by atoms with Crippen LogP contribution in [0.1, 0.15) is 51.0 Å². The molecule has 1 nitrogen and oxygen atoms in total. The van der Waals surface area contributed by atoms with E-state index in [1.807, 2.05) is 0 Å². The highest BCUT2D eigenvalue weighted by Crippen LogP contribution is 2.42. The largest absolute Gasteiger partial charge is 0.310 e. The van der Waals surface area contributed by atoms with Gasteiger partial charge in [-0.3, -0.25) is 0 Å². The quantitative estimate of drug-likeness (QED) is 0.847. The van der Waals surface area contributed by atoms with Gasteiger partial charge in [-0.15, -0.1) is 0 Å². The number of nitrogens with one attached hydrogen (secondary N) is 1. The van der Waals surface area contributed by atoms with Gasteiger partial charge in [0.2, 0.25) is 0 Å². The summed E-state index contributed by atoms with van der Waals surface area (Å²) in [5.41, 5.74) is 1.52. The van der Waals surface area contributed by atoms with E-state index in [9.17, 15) is 0 Å². The molecule has 0 saturated heterocycles. The second-order valence-electron chi connectivity index (χ2n) is 6.53. The van der Waals surface area contributed by atoms with Crippen LogP contribution in [0, 0.1) is 11.8 Å². The summed E-state index contributed by atoms with van der Waals surface area (Å²) >= 11 is 0. The molecular weight excluding hydrogens is 218 g/mol. The zero-order valence-corrected chi connectivity index (χ0v) is 11.6. The Hall–Kier alpha value is -0.820. The lowest BCUT2D eigenvalue weighted by molar-refractivity contribution is 0.226. The lowest BCUT2D eigenvalue weighted by Gasteiger charge is -2.33. The van der Waals surface area contributed by atoms with Crippen LogP contribution in [0.3, 0.4) is 0 Å². The van der Waals surface area contributed by atoms with Gasteiger partial charge in [-0.25, -0.2) is 0 Å². The van der Waals surface area contributed by atoms with Crippen molar-refractivity contribution in [2.75, 3.05) is 0 Å². The zero-order valence-electron chi connectivity index (χ0n) is 11.6. The number of hydrogen-bond donors (Lipinski definition) is 1. The minimum Gasteiger partial charge on any atom is -0.310 e. The molecule has 2 aliphatic rings. The molecule has 18 heavy (non-hydrogen) atoms. The molecule has 0 spiro atoms. The van der Waals surface area contributed by atoms with Crippen LogP contribution in [0.2, 0.25) is 0 Å². The third-order valence-corrected chi connectivity index (χ3v) is 4.90. The molecule has 1 N–H and O–H groups in total. The van der Waals surface area contributed by atoms with Crippen LogP contribution in [0.4, 0.5) is 0 Å². The van der Waals surface area contributed by atoms with Crippen LogP contribution in [-0.2, 0) is 0 Å². The fraction of sp³-hybridized carbons (Fsp3) is 0.647. The molecular formula is C17H25N. The Bertz CT molecular complexity index is 386.